The highest BCUT2D eigenvalue weighted by Crippen LogP contribution is 2.43. The average Bonchev–Trinajstić information content (AvgIpc) is 2.87. The van der Waals surface area contributed by atoms with Gasteiger partial charge in [0.25, 0.3) is 5.91 Å². The fourth-order valence-electron chi connectivity index (χ4n) is 4.12. The maximum absolute atomic E-state index is 13.2. The molecule has 0 aromatic heterocycles. The van der Waals surface area contributed by atoms with Gasteiger partial charge in [-0.3, -0.25) is 14.4 Å². The summed E-state index contributed by atoms with van der Waals surface area (Å²) in [7, 11) is 3.12. The third-order valence-corrected chi connectivity index (χ3v) is 6.07. The van der Waals surface area contributed by atoms with Crippen LogP contribution in [0, 0.1) is 5.92 Å². The van der Waals surface area contributed by atoms with Gasteiger partial charge in [-0.2, -0.15) is 0 Å². The molecule has 1 fully saturated rings. The van der Waals surface area contributed by atoms with Crippen LogP contribution in [0.15, 0.2) is 48.5 Å². The van der Waals surface area contributed by atoms with Gasteiger partial charge in [-0.25, -0.2) is 0 Å². The molecule has 3 atom stereocenters. The van der Waals surface area contributed by atoms with Crippen LogP contribution in [0.1, 0.15) is 44.7 Å². The van der Waals surface area contributed by atoms with Crippen molar-refractivity contribution in [2.45, 2.75) is 45.2 Å². The minimum atomic E-state index is -0.674. The normalized spacial score (nSPS) is 18.7. The number of methoxy groups -OCH3 is 2. The maximum Gasteiger partial charge on any atom is 0.311 e. The fraction of sp³-hybridized carbons (Fsp3) is 0.423. The van der Waals surface area contributed by atoms with E-state index in [1.807, 2.05) is 32.0 Å². The topological polar surface area (TPSA) is 94.2 Å². The molecule has 2 amide bonds. The number of ether oxygens (including phenoxy) is 3. The number of esters is 1. The zero-order chi connectivity index (χ0) is 24.7. The van der Waals surface area contributed by atoms with E-state index in [1.54, 1.807) is 49.5 Å². The van der Waals surface area contributed by atoms with Crippen LogP contribution in [0.25, 0.3) is 0 Å². The quantitative estimate of drug-likeness (QED) is 0.565. The van der Waals surface area contributed by atoms with Gasteiger partial charge in [0.15, 0.2) is 6.61 Å². The molecule has 1 aliphatic heterocycles. The molecular weight excluding hydrogens is 436 g/mol. The predicted octanol–water partition coefficient (Wildman–Crippen LogP) is 3.65. The Morgan fingerprint density at radius 1 is 1.09 bits per heavy atom. The summed E-state index contributed by atoms with van der Waals surface area (Å²) < 4.78 is 16.2. The fourth-order valence-corrected chi connectivity index (χ4v) is 4.12. The smallest absolute Gasteiger partial charge is 0.311 e. The first-order chi connectivity index (χ1) is 16.4. The lowest BCUT2D eigenvalue weighted by Gasteiger charge is -2.40. The number of hydrogen-bond acceptors (Lipinski definition) is 6. The third-order valence-electron chi connectivity index (χ3n) is 6.07. The molecule has 1 heterocycles. The summed E-state index contributed by atoms with van der Waals surface area (Å²) in [6, 6.07) is 13.7. The molecule has 3 rings (SSSR count). The number of carbonyl (C=O) groups is 3. The molecule has 8 heteroatoms. The second-order valence-corrected chi connectivity index (χ2v) is 8.28. The van der Waals surface area contributed by atoms with E-state index in [0.717, 1.165) is 6.42 Å². The Hall–Kier alpha value is -3.55. The average molecular weight is 469 g/mol. The van der Waals surface area contributed by atoms with Crippen LogP contribution in [0.3, 0.4) is 0 Å². The molecular formula is C26H32N2O6. The number of rotatable bonds is 9. The Morgan fingerprint density at radius 3 is 2.44 bits per heavy atom. The molecule has 0 radical (unpaired) electrons. The van der Waals surface area contributed by atoms with E-state index in [9.17, 15) is 14.4 Å². The van der Waals surface area contributed by atoms with E-state index >= 15 is 0 Å². The summed E-state index contributed by atoms with van der Waals surface area (Å²) in [5, 5.41) is 2.79. The largest absolute Gasteiger partial charge is 0.497 e. The number of piperidine rings is 1. The van der Waals surface area contributed by atoms with Crippen LogP contribution < -0.4 is 19.7 Å². The molecule has 2 aromatic carbocycles. The Balaban J connectivity index is 1.94. The van der Waals surface area contributed by atoms with Gasteiger partial charge in [0, 0.05) is 23.7 Å². The third kappa shape index (κ3) is 5.68. The summed E-state index contributed by atoms with van der Waals surface area (Å²) >= 11 is 0. The first-order valence-electron chi connectivity index (χ1n) is 11.4. The lowest BCUT2D eigenvalue weighted by atomic mass is 9.83. The molecule has 0 aliphatic carbocycles. The number of nitrogens with zero attached hydrogens (tertiary/aromatic N) is 1. The van der Waals surface area contributed by atoms with Crippen molar-refractivity contribution in [3.63, 3.8) is 0 Å². The minimum absolute atomic E-state index is 0.00889. The van der Waals surface area contributed by atoms with Gasteiger partial charge in [0.2, 0.25) is 5.91 Å². The highest BCUT2D eigenvalue weighted by atomic mass is 16.5. The molecule has 8 nitrogen and oxygen atoms in total. The second-order valence-electron chi connectivity index (χ2n) is 8.28. The first-order valence-corrected chi connectivity index (χ1v) is 11.4. The number of hydrogen-bond donors (Lipinski definition) is 1. The zero-order valence-electron chi connectivity index (χ0n) is 20.1. The number of carbonyl (C=O) groups excluding carboxylic acids is 3. The van der Waals surface area contributed by atoms with E-state index in [1.165, 1.54) is 0 Å². The Morgan fingerprint density at radius 2 is 1.79 bits per heavy atom. The summed E-state index contributed by atoms with van der Waals surface area (Å²) in [4.78, 5) is 40.2. The predicted molar refractivity (Wildman–Crippen MR) is 128 cm³/mol. The highest BCUT2D eigenvalue weighted by Gasteiger charge is 2.43. The summed E-state index contributed by atoms with van der Waals surface area (Å²) in [6.07, 6.45) is 1.26. The summed E-state index contributed by atoms with van der Waals surface area (Å²) in [6.45, 7) is 3.48. The van der Waals surface area contributed by atoms with E-state index in [-0.39, 0.29) is 30.9 Å². The van der Waals surface area contributed by atoms with Crippen molar-refractivity contribution in [1.82, 2.24) is 5.32 Å². The Labute approximate surface area is 200 Å². The number of anilines is 1. The van der Waals surface area contributed by atoms with Crippen molar-refractivity contribution in [3.8, 4) is 11.5 Å². The molecule has 0 spiro atoms. The highest BCUT2D eigenvalue weighted by molar-refractivity contribution is 5.97. The van der Waals surface area contributed by atoms with Gasteiger partial charge in [-0.1, -0.05) is 25.1 Å². The van der Waals surface area contributed by atoms with Gasteiger partial charge in [-0.05, 0) is 50.1 Å². The standard InChI is InChI=1S/C26H32N2O6/c1-5-17(2)27-23(29)16-34-26(31)21-14-15-24(30)28(18-10-12-19(32-3)13-11-18)25(21)20-8-6-7-9-22(20)33-4/h6-13,17,21,25H,5,14-16H2,1-4H3,(H,27,29). The van der Waals surface area contributed by atoms with E-state index < -0.39 is 17.9 Å². The van der Waals surface area contributed by atoms with Gasteiger partial charge < -0.3 is 24.4 Å². The number of benzene rings is 2. The monoisotopic (exact) mass is 468 g/mol. The van der Waals surface area contributed by atoms with Gasteiger partial charge in [0.1, 0.15) is 11.5 Å². The Bertz CT molecular complexity index is 1010. The molecule has 1 N–H and O–H groups in total. The van der Waals surface area contributed by atoms with Crippen LogP contribution in [0.4, 0.5) is 5.69 Å². The molecule has 34 heavy (non-hydrogen) atoms. The first kappa shape index (κ1) is 25.1. The summed E-state index contributed by atoms with van der Waals surface area (Å²) in [5.41, 5.74) is 1.33. The number of para-hydroxylation sites is 1. The maximum atomic E-state index is 13.2. The van der Waals surface area contributed by atoms with Crippen LogP contribution in [0.2, 0.25) is 0 Å². The zero-order valence-corrected chi connectivity index (χ0v) is 20.1. The molecule has 0 saturated carbocycles. The van der Waals surface area contributed by atoms with Crippen LogP contribution in [-0.4, -0.2) is 44.7 Å². The van der Waals surface area contributed by atoms with Crippen molar-refractivity contribution in [1.29, 1.82) is 0 Å². The van der Waals surface area contributed by atoms with Crippen LogP contribution in [-0.2, 0) is 19.1 Å². The van der Waals surface area contributed by atoms with E-state index in [4.69, 9.17) is 14.2 Å². The molecule has 0 bridgehead atoms. The van der Waals surface area contributed by atoms with Gasteiger partial charge >= 0.3 is 5.97 Å². The van der Waals surface area contributed by atoms with Crippen molar-refractivity contribution in [3.05, 3.63) is 54.1 Å². The summed E-state index contributed by atoms with van der Waals surface area (Å²) in [5.74, 6) is -0.442. The minimum Gasteiger partial charge on any atom is -0.497 e. The number of amides is 2. The molecule has 2 aromatic rings. The second kappa shape index (κ2) is 11.5. The van der Waals surface area contributed by atoms with Gasteiger partial charge in [-0.15, -0.1) is 0 Å². The molecule has 1 aliphatic rings. The molecule has 1 saturated heterocycles. The van der Waals surface area contributed by atoms with Crippen molar-refractivity contribution < 1.29 is 28.6 Å². The SMILES string of the molecule is CCC(C)NC(=O)COC(=O)C1CCC(=O)N(c2ccc(OC)cc2)C1c1ccccc1OC. The van der Waals surface area contributed by atoms with Crippen LogP contribution in [0.5, 0.6) is 11.5 Å². The molecule has 182 valence electrons. The van der Waals surface area contributed by atoms with Crippen molar-refractivity contribution in [2.75, 3.05) is 25.7 Å². The van der Waals surface area contributed by atoms with Crippen molar-refractivity contribution in [2.24, 2.45) is 5.92 Å². The molecule has 3 unspecified atom stereocenters. The number of nitrogens with one attached hydrogen (secondary N) is 1. The van der Waals surface area contributed by atoms with Crippen LogP contribution >= 0.6 is 0 Å². The van der Waals surface area contributed by atoms with E-state index in [2.05, 4.69) is 5.32 Å². The lowest BCUT2D eigenvalue weighted by Crippen LogP contribution is -2.46. The lowest BCUT2D eigenvalue weighted by molar-refractivity contribution is -0.154. The van der Waals surface area contributed by atoms with Gasteiger partial charge in [0.05, 0.1) is 26.2 Å². The van der Waals surface area contributed by atoms with Crippen molar-refractivity contribution >= 4 is 23.5 Å². The Kier molecular flexibility index (Phi) is 8.51. The van der Waals surface area contributed by atoms with E-state index in [0.29, 0.717) is 29.2 Å².